The fourth-order valence-corrected chi connectivity index (χ4v) is 3.47. The second kappa shape index (κ2) is 6.91. The molecular weight excluding hydrogens is 254 g/mol. The highest BCUT2D eigenvalue weighted by Crippen LogP contribution is 2.31. The maximum Gasteiger partial charge on any atom is 0.0297 e. The van der Waals surface area contributed by atoms with Crippen molar-refractivity contribution in [2.75, 3.05) is 0 Å². The molecule has 0 radical (unpaired) electrons. The minimum absolute atomic E-state index is 0.193. The zero-order valence-electron chi connectivity index (χ0n) is 12.7. The highest BCUT2D eigenvalue weighted by atomic mass is 14.6. The normalized spacial score (nSPS) is 17.6. The zero-order valence-corrected chi connectivity index (χ0v) is 12.7. The van der Waals surface area contributed by atoms with Gasteiger partial charge < -0.3 is 5.73 Å². The molecule has 0 spiro atoms. The lowest BCUT2D eigenvalue weighted by molar-refractivity contribution is 0.319. The Morgan fingerprint density at radius 1 is 0.810 bits per heavy atom. The van der Waals surface area contributed by atoms with Crippen LogP contribution in [0.15, 0.2) is 54.6 Å². The number of benzene rings is 2. The molecular formula is C20H25N. The van der Waals surface area contributed by atoms with Crippen molar-refractivity contribution < 1.29 is 0 Å². The van der Waals surface area contributed by atoms with Crippen molar-refractivity contribution in [3.05, 3.63) is 60.2 Å². The van der Waals surface area contributed by atoms with E-state index in [4.69, 9.17) is 5.73 Å². The summed E-state index contributed by atoms with van der Waals surface area (Å²) in [6.45, 7) is 0. The van der Waals surface area contributed by atoms with E-state index in [-0.39, 0.29) is 6.04 Å². The van der Waals surface area contributed by atoms with E-state index >= 15 is 0 Å². The average molecular weight is 279 g/mol. The van der Waals surface area contributed by atoms with Gasteiger partial charge in [-0.2, -0.15) is 0 Å². The van der Waals surface area contributed by atoms with Crippen LogP contribution in [0, 0.1) is 5.92 Å². The number of hydrogen-bond acceptors (Lipinski definition) is 1. The standard InChI is InChI=1S/C20H25N/c21-20(15-16-7-3-1-4-8-16)19-13-11-18(12-14-19)17-9-5-2-6-10-17/h2,5-6,9-14,16,20H,1,3-4,7-8,15,21H2. The second-order valence-corrected chi connectivity index (χ2v) is 6.33. The van der Waals surface area contributed by atoms with E-state index in [1.165, 1.54) is 48.8 Å². The molecule has 2 aromatic carbocycles. The van der Waals surface area contributed by atoms with E-state index in [0.717, 1.165) is 12.3 Å². The minimum atomic E-state index is 0.193. The molecule has 1 aliphatic rings. The molecule has 110 valence electrons. The van der Waals surface area contributed by atoms with Gasteiger partial charge in [-0.05, 0) is 29.0 Å². The van der Waals surface area contributed by atoms with Crippen LogP contribution in [-0.4, -0.2) is 0 Å². The van der Waals surface area contributed by atoms with Gasteiger partial charge in [-0.3, -0.25) is 0 Å². The van der Waals surface area contributed by atoms with E-state index in [2.05, 4.69) is 54.6 Å². The quantitative estimate of drug-likeness (QED) is 0.805. The summed E-state index contributed by atoms with van der Waals surface area (Å²) in [6, 6.07) is 19.5. The van der Waals surface area contributed by atoms with Gasteiger partial charge in [0.05, 0.1) is 0 Å². The molecule has 1 aliphatic carbocycles. The number of hydrogen-bond donors (Lipinski definition) is 1. The molecule has 0 heterocycles. The molecule has 1 unspecified atom stereocenters. The second-order valence-electron chi connectivity index (χ2n) is 6.33. The van der Waals surface area contributed by atoms with Gasteiger partial charge in [0.2, 0.25) is 0 Å². The van der Waals surface area contributed by atoms with Crippen molar-refractivity contribution in [1.82, 2.24) is 0 Å². The topological polar surface area (TPSA) is 26.0 Å². The third-order valence-corrected chi connectivity index (χ3v) is 4.76. The van der Waals surface area contributed by atoms with Crippen LogP contribution in [0.4, 0.5) is 0 Å². The van der Waals surface area contributed by atoms with Crippen molar-refractivity contribution in [3.63, 3.8) is 0 Å². The number of nitrogens with two attached hydrogens (primary N) is 1. The SMILES string of the molecule is NC(CC1CCCCC1)c1ccc(-c2ccccc2)cc1. The van der Waals surface area contributed by atoms with Crippen LogP contribution in [-0.2, 0) is 0 Å². The molecule has 1 saturated carbocycles. The van der Waals surface area contributed by atoms with Gasteiger partial charge in [0.25, 0.3) is 0 Å². The molecule has 2 N–H and O–H groups in total. The average Bonchev–Trinajstić information content (AvgIpc) is 2.57. The minimum Gasteiger partial charge on any atom is -0.324 e. The van der Waals surface area contributed by atoms with E-state index < -0.39 is 0 Å². The first-order valence-corrected chi connectivity index (χ1v) is 8.24. The first kappa shape index (κ1) is 14.3. The summed E-state index contributed by atoms with van der Waals surface area (Å²) in [7, 11) is 0. The lowest BCUT2D eigenvalue weighted by Gasteiger charge is -2.24. The van der Waals surface area contributed by atoms with Gasteiger partial charge in [-0.25, -0.2) is 0 Å². The van der Waals surface area contributed by atoms with Gasteiger partial charge in [-0.1, -0.05) is 86.7 Å². The highest BCUT2D eigenvalue weighted by Gasteiger charge is 2.17. The molecule has 1 nitrogen and oxygen atoms in total. The lowest BCUT2D eigenvalue weighted by Crippen LogP contribution is -2.17. The summed E-state index contributed by atoms with van der Waals surface area (Å²) in [5.74, 6) is 0.836. The van der Waals surface area contributed by atoms with Crippen molar-refractivity contribution >= 4 is 0 Å². The van der Waals surface area contributed by atoms with Crippen LogP contribution in [0.3, 0.4) is 0 Å². The van der Waals surface area contributed by atoms with Crippen LogP contribution in [0.2, 0.25) is 0 Å². The van der Waals surface area contributed by atoms with Gasteiger partial charge in [0.15, 0.2) is 0 Å². The van der Waals surface area contributed by atoms with E-state index in [9.17, 15) is 0 Å². The molecule has 3 rings (SSSR count). The first-order chi connectivity index (χ1) is 10.3. The fraction of sp³-hybridized carbons (Fsp3) is 0.400. The van der Waals surface area contributed by atoms with Crippen LogP contribution in [0.25, 0.3) is 11.1 Å². The number of rotatable bonds is 4. The Balaban J connectivity index is 1.66. The van der Waals surface area contributed by atoms with Gasteiger partial charge in [0.1, 0.15) is 0 Å². The first-order valence-electron chi connectivity index (χ1n) is 8.24. The smallest absolute Gasteiger partial charge is 0.0297 e. The molecule has 0 bridgehead atoms. The third kappa shape index (κ3) is 3.74. The fourth-order valence-electron chi connectivity index (χ4n) is 3.47. The Morgan fingerprint density at radius 2 is 1.43 bits per heavy atom. The summed E-state index contributed by atoms with van der Waals surface area (Å²) in [5.41, 5.74) is 10.2. The Morgan fingerprint density at radius 3 is 2.10 bits per heavy atom. The predicted molar refractivity (Wildman–Crippen MR) is 90.0 cm³/mol. The van der Waals surface area contributed by atoms with Gasteiger partial charge in [-0.15, -0.1) is 0 Å². The van der Waals surface area contributed by atoms with E-state index in [1.807, 2.05) is 0 Å². The molecule has 2 aromatic rings. The lowest BCUT2D eigenvalue weighted by atomic mass is 9.83. The molecule has 0 aromatic heterocycles. The summed E-state index contributed by atoms with van der Waals surface area (Å²) < 4.78 is 0. The summed E-state index contributed by atoms with van der Waals surface area (Å²) in [5, 5.41) is 0. The predicted octanol–water partition coefficient (Wildman–Crippen LogP) is 5.32. The molecule has 1 heteroatoms. The Labute approximate surface area is 128 Å². The molecule has 0 aliphatic heterocycles. The Kier molecular flexibility index (Phi) is 4.72. The monoisotopic (exact) mass is 279 g/mol. The summed E-state index contributed by atoms with van der Waals surface area (Å²) >= 11 is 0. The van der Waals surface area contributed by atoms with E-state index in [1.54, 1.807) is 0 Å². The van der Waals surface area contributed by atoms with Crippen LogP contribution in [0.1, 0.15) is 50.1 Å². The molecule has 21 heavy (non-hydrogen) atoms. The van der Waals surface area contributed by atoms with Crippen LogP contribution < -0.4 is 5.73 Å². The van der Waals surface area contributed by atoms with Crippen LogP contribution >= 0.6 is 0 Å². The van der Waals surface area contributed by atoms with Crippen molar-refractivity contribution in [2.45, 2.75) is 44.6 Å². The van der Waals surface area contributed by atoms with Crippen molar-refractivity contribution in [3.8, 4) is 11.1 Å². The maximum absolute atomic E-state index is 6.41. The Bertz CT molecular complexity index is 538. The highest BCUT2D eigenvalue weighted by molar-refractivity contribution is 5.63. The van der Waals surface area contributed by atoms with Crippen molar-refractivity contribution in [1.29, 1.82) is 0 Å². The van der Waals surface area contributed by atoms with Gasteiger partial charge in [0, 0.05) is 6.04 Å². The van der Waals surface area contributed by atoms with E-state index in [0.29, 0.717) is 0 Å². The third-order valence-electron chi connectivity index (χ3n) is 4.76. The molecule has 0 saturated heterocycles. The molecule has 0 amide bonds. The molecule has 1 atom stereocenters. The maximum atomic E-state index is 6.41. The summed E-state index contributed by atoms with van der Waals surface area (Å²) in [4.78, 5) is 0. The van der Waals surface area contributed by atoms with Crippen molar-refractivity contribution in [2.24, 2.45) is 11.7 Å². The van der Waals surface area contributed by atoms with Gasteiger partial charge >= 0.3 is 0 Å². The Hall–Kier alpha value is -1.60. The van der Waals surface area contributed by atoms with Crippen LogP contribution in [0.5, 0.6) is 0 Å². The molecule has 1 fully saturated rings. The summed E-state index contributed by atoms with van der Waals surface area (Å²) in [6.07, 6.45) is 8.09. The largest absolute Gasteiger partial charge is 0.324 e. The zero-order chi connectivity index (χ0) is 14.5.